The van der Waals surface area contributed by atoms with Crippen LogP contribution in [0.4, 0.5) is 0 Å². The van der Waals surface area contributed by atoms with Crippen molar-refractivity contribution in [3.8, 4) is 0 Å². The van der Waals surface area contributed by atoms with Gasteiger partial charge in [-0.1, -0.05) is 73.5 Å². The van der Waals surface area contributed by atoms with Gasteiger partial charge in [-0.25, -0.2) is 0 Å². The number of Topliss-reactive ketones (excluding diaryl/α,β-unsaturated/α-hetero) is 1. The first-order valence-corrected chi connectivity index (χ1v) is 18.0. The van der Waals surface area contributed by atoms with Gasteiger partial charge in [0.25, 0.3) is 0 Å². The summed E-state index contributed by atoms with van der Waals surface area (Å²) in [4.78, 5) is 42.1. The van der Waals surface area contributed by atoms with Gasteiger partial charge in [-0.2, -0.15) is 0 Å². The Morgan fingerprint density at radius 3 is 2.25 bits per heavy atom. The molecule has 250 valence electrons. The van der Waals surface area contributed by atoms with Crippen LogP contribution in [0.15, 0.2) is 11.6 Å². The van der Waals surface area contributed by atoms with Crippen molar-refractivity contribution in [1.29, 1.82) is 0 Å². The fourth-order valence-corrected chi connectivity index (χ4v) is 11.1. The summed E-state index contributed by atoms with van der Waals surface area (Å²) in [6.45, 7) is 23.7. The molecule has 2 N–H and O–H groups in total. The second-order valence-electron chi connectivity index (χ2n) is 16.8. The Hall–Kier alpha value is -1.69. The van der Waals surface area contributed by atoms with Gasteiger partial charge in [0.1, 0.15) is 5.78 Å². The predicted molar refractivity (Wildman–Crippen MR) is 178 cm³/mol. The number of rotatable bonds is 12. The Kier molecular flexibility index (Phi) is 10.3. The highest BCUT2D eigenvalue weighted by Gasteiger charge is 2.67. The van der Waals surface area contributed by atoms with Crippen LogP contribution in [0.1, 0.15) is 133 Å². The van der Waals surface area contributed by atoms with Crippen LogP contribution < -0.4 is 5.32 Å². The number of nitrogens with zero attached hydrogens (tertiary/aromatic N) is 1. The number of carbonyl (C=O) groups is 3. The first kappa shape index (κ1) is 35.2. The lowest BCUT2D eigenvalue weighted by molar-refractivity contribution is -0.174. The van der Waals surface area contributed by atoms with Gasteiger partial charge in [-0.05, 0) is 130 Å². The van der Waals surface area contributed by atoms with Gasteiger partial charge in [-0.3, -0.25) is 14.4 Å². The molecular weight excluding hydrogens is 548 g/mol. The van der Waals surface area contributed by atoms with Gasteiger partial charge in [0.15, 0.2) is 0 Å². The fraction of sp³-hybridized carbons (Fsp3) is 0.868. The monoisotopic (exact) mass is 612 g/mol. The molecule has 3 saturated carbocycles. The minimum atomic E-state index is -0.642. The molecule has 0 aromatic carbocycles. The van der Waals surface area contributed by atoms with Gasteiger partial charge in [0.2, 0.25) is 5.91 Å². The summed E-state index contributed by atoms with van der Waals surface area (Å²) in [6.07, 6.45) is 12.5. The van der Waals surface area contributed by atoms with Gasteiger partial charge in [0.05, 0.1) is 11.3 Å². The molecule has 0 aromatic heterocycles. The molecule has 4 aliphatic carbocycles. The lowest BCUT2D eigenvalue weighted by atomic mass is 9.35. The van der Waals surface area contributed by atoms with Crippen molar-refractivity contribution in [2.45, 2.75) is 133 Å². The van der Waals surface area contributed by atoms with Crippen LogP contribution >= 0.6 is 0 Å². The zero-order valence-corrected chi connectivity index (χ0v) is 29.6. The number of hydrogen-bond donors (Lipinski definition) is 2. The summed E-state index contributed by atoms with van der Waals surface area (Å²) in [7, 11) is 0. The van der Waals surface area contributed by atoms with Gasteiger partial charge >= 0.3 is 5.97 Å². The van der Waals surface area contributed by atoms with Crippen LogP contribution in [0, 0.1) is 50.7 Å². The zero-order valence-electron chi connectivity index (χ0n) is 29.6. The zero-order chi connectivity index (χ0) is 32.7. The number of aliphatic carboxylic acids is 1. The second-order valence-corrected chi connectivity index (χ2v) is 16.8. The smallest absolute Gasteiger partial charge is 0.310 e. The van der Waals surface area contributed by atoms with E-state index >= 15 is 0 Å². The summed E-state index contributed by atoms with van der Waals surface area (Å²) in [5.41, 5.74) is 0.675. The number of carboxylic acids is 1. The summed E-state index contributed by atoms with van der Waals surface area (Å²) < 4.78 is 0. The molecular formula is C38H64N2O4. The summed E-state index contributed by atoms with van der Waals surface area (Å²) in [6, 6.07) is 0. The van der Waals surface area contributed by atoms with Crippen LogP contribution in [0.25, 0.3) is 0 Å². The molecule has 8 atom stereocenters. The molecule has 4 rings (SSSR count). The molecule has 1 amide bonds. The van der Waals surface area contributed by atoms with Crippen molar-refractivity contribution >= 4 is 17.7 Å². The van der Waals surface area contributed by atoms with E-state index in [4.69, 9.17) is 0 Å². The Bertz CT molecular complexity index is 1130. The van der Waals surface area contributed by atoms with Crippen molar-refractivity contribution in [3.63, 3.8) is 0 Å². The number of nitrogens with one attached hydrogen (secondary N) is 1. The highest BCUT2D eigenvalue weighted by molar-refractivity contribution is 6.00. The molecule has 0 aromatic rings. The molecule has 44 heavy (non-hydrogen) atoms. The van der Waals surface area contributed by atoms with Crippen molar-refractivity contribution in [2.24, 2.45) is 50.7 Å². The van der Waals surface area contributed by atoms with E-state index in [-0.39, 0.29) is 39.3 Å². The first-order valence-electron chi connectivity index (χ1n) is 18.0. The highest BCUT2D eigenvalue weighted by atomic mass is 16.4. The maximum atomic E-state index is 13.6. The average Bonchev–Trinajstić information content (AvgIpc) is 2.96. The largest absolute Gasteiger partial charge is 0.481 e. The van der Waals surface area contributed by atoms with Crippen molar-refractivity contribution in [3.05, 3.63) is 11.6 Å². The Labute approximate surface area is 268 Å². The van der Waals surface area contributed by atoms with Crippen LogP contribution in [-0.4, -0.2) is 53.8 Å². The second kappa shape index (κ2) is 12.8. The maximum absolute atomic E-state index is 13.6. The third kappa shape index (κ3) is 5.84. The van der Waals surface area contributed by atoms with E-state index in [1.54, 1.807) is 6.92 Å². The lowest BCUT2D eigenvalue weighted by Crippen LogP contribution is -2.62. The van der Waals surface area contributed by atoms with E-state index in [9.17, 15) is 19.5 Å². The molecule has 4 unspecified atom stereocenters. The third-order valence-corrected chi connectivity index (χ3v) is 14.3. The highest BCUT2D eigenvalue weighted by Crippen LogP contribution is 2.74. The van der Waals surface area contributed by atoms with Crippen LogP contribution in [-0.2, 0) is 14.4 Å². The lowest BCUT2D eigenvalue weighted by Gasteiger charge is -2.69. The van der Waals surface area contributed by atoms with E-state index in [1.165, 1.54) is 5.57 Å². The average molecular weight is 613 g/mol. The number of fused-ring (bicyclic) bond motifs is 5. The topological polar surface area (TPSA) is 86.7 Å². The van der Waals surface area contributed by atoms with E-state index in [0.29, 0.717) is 24.8 Å². The minimum Gasteiger partial charge on any atom is -0.481 e. The molecule has 0 spiro atoms. The summed E-state index contributed by atoms with van der Waals surface area (Å²) in [5.74, 6) is -0.482. The number of allylic oxidation sites excluding steroid dienone is 2. The molecule has 0 heterocycles. The van der Waals surface area contributed by atoms with Gasteiger partial charge < -0.3 is 15.3 Å². The van der Waals surface area contributed by atoms with Crippen molar-refractivity contribution in [1.82, 2.24) is 10.2 Å². The third-order valence-electron chi connectivity index (χ3n) is 14.3. The molecule has 0 radical (unpaired) electrons. The van der Waals surface area contributed by atoms with Crippen LogP contribution in [0.3, 0.4) is 0 Å². The molecule has 3 fully saturated rings. The van der Waals surface area contributed by atoms with Crippen molar-refractivity contribution < 1.29 is 19.5 Å². The SMILES string of the molecule is CCC1CC[C@]2(C)C(CC=C3C4CC(C)(C)CC[C@]4(C(=O)O)CC[C@]32C)[C@@]1(C)CC(C(C)=O)C(=O)NCCCN(CC)CC. The Morgan fingerprint density at radius 2 is 1.66 bits per heavy atom. The Balaban J connectivity index is 1.65. The molecule has 6 nitrogen and oxygen atoms in total. The summed E-state index contributed by atoms with van der Waals surface area (Å²) in [5, 5.41) is 13.8. The number of hydrogen-bond acceptors (Lipinski definition) is 4. The quantitative estimate of drug-likeness (QED) is 0.133. The predicted octanol–water partition coefficient (Wildman–Crippen LogP) is 7.91. The van der Waals surface area contributed by atoms with E-state index in [1.807, 2.05) is 0 Å². The molecule has 0 aliphatic heterocycles. The number of ketones is 1. The van der Waals surface area contributed by atoms with E-state index < -0.39 is 17.3 Å². The number of amides is 1. The molecule has 4 aliphatic rings. The van der Waals surface area contributed by atoms with Crippen molar-refractivity contribution in [2.75, 3.05) is 26.2 Å². The molecule has 0 saturated heterocycles. The molecule has 6 heteroatoms. The normalized spacial score (nSPS) is 38.5. The van der Waals surface area contributed by atoms with E-state index in [0.717, 1.165) is 83.8 Å². The number of carbonyl (C=O) groups excluding carboxylic acids is 2. The first-order chi connectivity index (χ1) is 20.5. The van der Waals surface area contributed by atoms with Crippen LogP contribution in [0.5, 0.6) is 0 Å². The standard InChI is InChI=1S/C38H64N2O4/c1-10-27-16-17-37(9)31(35(27,7)24-28(26(4)41)32(42)39-22-13-23-40(11-2)12-3)15-14-29-30-25-34(5,6)18-20-38(30,33(43)44)21-19-36(29,37)8/h14,27-28,30-31H,10-13,15-25H2,1-9H3,(H,39,42)(H,43,44)/t27?,28?,30?,31?,35-,36+,37+,38-/m0/s1. The molecule has 0 bridgehead atoms. The van der Waals surface area contributed by atoms with E-state index in [2.05, 4.69) is 71.7 Å². The summed E-state index contributed by atoms with van der Waals surface area (Å²) >= 11 is 0. The minimum absolute atomic E-state index is 0.00860. The van der Waals surface area contributed by atoms with Gasteiger partial charge in [-0.15, -0.1) is 0 Å². The maximum Gasteiger partial charge on any atom is 0.310 e. The van der Waals surface area contributed by atoms with Crippen LogP contribution in [0.2, 0.25) is 0 Å². The fourth-order valence-electron chi connectivity index (χ4n) is 11.1. The Morgan fingerprint density at radius 1 is 1.00 bits per heavy atom. The van der Waals surface area contributed by atoms with Gasteiger partial charge in [0, 0.05) is 6.54 Å². The number of carboxylic acid groups (broad SMARTS) is 1.